The Morgan fingerprint density at radius 1 is 0.980 bits per heavy atom. The first-order valence-electron chi connectivity index (χ1n) is 19.1. The molecule has 9 nitrogen and oxygen atoms in total. The average molecular weight is 726 g/mol. The minimum absolute atomic E-state index is 0.0388. The van der Waals surface area contributed by atoms with Crippen LogP contribution >= 0.6 is 11.6 Å². The third-order valence-corrected chi connectivity index (χ3v) is 11.9. The van der Waals surface area contributed by atoms with Gasteiger partial charge in [0.25, 0.3) is 0 Å². The zero-order valence-corrected chi connectivity index (χ0v) is 31.1. The van der Waals surface area contributed by atoms with Crippen LogP contribution in [-0.2, 0) is 28.8 Å². The van der Waals surface area contributed by atoms with Crippen molar-refractivity contribution < 1.29 is 33.2 Å². The molecule has 3 aliphatic carbocycles. The number of carbonyl (C=O) groups is 5. The van der Waals surface area contributed by atoms with Crippen molar-refractivity contribution >= 4 is 46.5 Å². The second-order valence-corrected chi connectivity index (χ2v) is 17.6. The van der Waals surface area contributed by atoms with E-state index in [1.807, 2.05) is 20.8 Å². The van der Waals surface area contributed by atoms with Crippen molar-refractivity contribution in [3.8, 4) is 0 Å². The van der Waals surface area contributed by atoms with E-state index >= 15 is 0 Å². The molecule has 4 fully saturated rings. The first-order valence-corrected chi connectivity index (χ1v) is 19.5. The largest absolute Gasteiger partial charge is 0.387 e. The summed E-state index contributed by atoms with van der Waals surface area (Å²) in [5.41, 5.74) is -0.624. The molecule has 51 heavy (non-hydrogen) atoms. The number of oxime groups is 1. The topological polar surface area (TPSA) is 122 Å². The van der Waals surface area contributed by atoms with Crippen molar-refractivity contribution in [2.75, 3.05) is 6.54 Å². The van der Waals surface area contributed by atoms with E-state index in [0.717, 1.165) is 51.4 Å². The highest BCUT2D eigenvalue weighted by Crippen LogP contribution is 2.43. The number of hydrogen-bond acceptors (Lipinski definition) is 7. The van der Waals surface area contributed by atoms with Crippen molar-refractivity contribution in [2.45, 2.75) is 141 Å². The van der Waals surface area contributed by atoms with Gasteiger partial charge in [0, 0.05) is 43.6 Å². The summed E-state index contributed by atoms with van der Waals surface area (Å²) < 4.78 is 14.0. The van der Waals surface area contributed by atoms with E-state index in [-0.39, 0.29) is 66.7 Å². The van der Waals surface area contributed by atoms with Crippen molar-refractivity contribution in [2.24, 2.45) is 34.2 Å². The highest BCUT2D eigenvalue weighted by Gasteiger charge is 2.55. The number of ketones is 3. The Hall–Kier alpha value is -3.14. The summed E-state index contributed by atoms with van der Waals surface area (Å²) in [6.45, 7) is 5.72. The molecule has 1 unspecified atom stereocenters. The monoisotopic (exact) mass is 725 g/mol. The number of halogens is 2. The molecule has 5 aliphatic rings. The van der Waals surface area contributed by atoms with E-state index in [4.69, 9.17) is 16.4 Å². The molecule has 1 saturated heterocycles. The molecule has 1 aromatic carbocycles. The number of nitrogens with one attached hydrogen (secondary N) is 1. The number of hydrogen-bond donors (Lipinski definition) is 1. The Bertz CT molecular complexity index is 1560. The average Bonchev–Trinajstić information content (AvgIpc) is 4.01. The van der Waals surface area contributed by atoms with E-state index in [0.29, 0.717) is 30.0 Å². The number of nitrogens with zero attached hydrogens (tertiary/aromatic N) is 2. The van der Waals surface area contributed by atoms with Crippen LogP contribution in [0.3, 0.4) is 0 Å². The normalized spacial score (nSPS) is 25.2. The van der Waals surface area contributed by atoms with E-state index in [1.165, 1.54) is 29.9 Å². The van der Waals surface area contributed by atoms with Gasteiger partial charge in [0.05, 0.1) is 23.3 Å². The van der Waals surface area contributed by atoms with E-state index < -0.39 is 46.4 Å². The molecule has 4 atom stereocenters. The quantitative estimate of drug-likeness (QED) is 0.161. The lowest BCUT2D eigenvalue weighted by Crippen LogP contribution is -2.57. The van der Waals surface area contributed by atoms with E-state index in [2.05, 4.69) is 10.5 Å². The maximum absolute atomic E-state index is 14.7. The molecule has 1 N–H and O–H groups in total. The number of amides is 2. The van der Waals surface area contributed by atoms with Gasteiger partial charge in [-0.1, -0.05) is 82.1 Å². The molecule has 0 bridgehead atoms. The standard InChI is InChI=1S/C40H53ClFN3O6/c1-39(2,3)37(43-35(48)18-24-8-6-4-5-7-9-24)38(50)45-23-40(21-31(44-51-40)27-14-15-30(42)29(41)19-27)22-32(45)33(46)20-28(16-25-10-11-25)36(49)34(47)17-26-12-13-26/h14-15,19,24-26,28,32,37H,4-13,16-18,20-23H2,1-3H3,(H,43,48)/t28-,32+,37?,40-/m1/s1. The zero-order chi connectivity index (χ0) is 36.5. The molecule has 278 valence electrons. The van der Waals surface area contributed by atoms with Crippen LogP contribution in [0.1, 0.15) is 129 Å². The van der Waals surface area contributed by atoms with Crippen molar-refractivity contribution in [1.29, 1.82) is 0 Å². The Labute approximate surface area is 305 Å². The molecule has 2 aliphatic heterocycles. The number of carbonyl (C=O) groups excluding carboxylic acids is 5. The van der Waals surface area contributed by atoms with Gasteiger partial charge < -0.3 is 15.1 Å². The van der Waals surface area contributed by atoms with Gasteiger partial charge in [-0.25, -0.2) is 4.39 Å². The van der Waals surface area contributed by atoms with Crippen LogP contribution < -0.4 is 5.32 Å². The fourth-order valence-corrected chi connectivity index (χ4v) is 8.39. The predicted octanol–water partition coefficient (Wildman–Crippen LogP) is 7.15. The summed E-state index contributed by atoms with van der Waals surface area (Å²) in [6.07, 6.45) is 11.7. The molecule has 0 radical (unpaired) electrons. The predicted molar refractivity (Wildman–Crippen MR) is 192 cm³/mol. The number of rotatable bonds is 14. The summed E-state index contributed by atoms with van der Waals surface area (Å²) in [4.78, 5) is 76.6. The molecule has 2 heterocycles. The van der Waals surface area contributed by atoms with Crippen LogP contribution in [0, 0.1) is 34.9 Å². The fourth-order valence-electron chi connectivity index (χ4n) is 8.21. The minimum atomic E-state index is -1.04. The van der Waals surface area contributed by atoms with Crippen molar-refractivity contribution in [3.63, 3.8) is 0 Å². The van der Waals surface area contributed by atoms with Crippen LogP contribution in [0.15, 0.2) is 23.4 Å². The van der Waals surface area contributed by atoms with Crippen LogP contribution in [0.2, 0.25) is 5.02 Å². The third kappa shape index (κ3) is 9.46. The maximum Gasteiger partial charge on any atom is 0.246 e. The Morgan fingerprint density at radius 2 is 1.65 bits per heavy atom. The van der Waals surface area contributed by atoms with Gasteiger partial charge in [0.1, 0.15) is 11.9 Å². The van der Waals surface area contributed by atoms with Gasteiger partial charge in [-0.3, -0.25) is 24.0 Å². The van der Waals surface area contributed by atoms with Gasteiger partial charge in [0.2, 0.25) is 17.6 Å². The lowest BCUT2D eigenvalue weighted by atomic mass is 9.84. The fraction of sp³-hybridized carbons (Fsp3) is 0.700. The summed E-state index contributed by atoms with van der Waals surface area (Å²) >= 11 is 6.07. The van der Waals surface area contributed by atoms with Crippen LogP contribution in [0.5, 0.6) is 0 Å². The Morgan fingerprint density at radius 3 is 2.27 bits per heavy atom. The molecule has 1 aromatic rings. The van der Waals surface area contributed by atoms with Crippen molar-refractivity contribution in [3.05, 3.63) is 34.6 Å². The molecule has 11 heteroatoms. The van der Waals surface area contributed by atoms with Gasteiger partial charge in [-0.05, 0) is 67.4 Å². The molecule has 1 spiro atoms. The van der Waals surface area contributed by atoms with Gasteiger partial charge in [-0.15, -0.1) is 0 Å². The lowest BCUT2D eigenvalue weighted by molar-refractivity contribution is -0.145. The smallest absolute Gasteiger partial charge is 0.246 e. The summed E-state index contributed by atoms with van der Waals surface area (Å²) in [5, 5.41) is 7.33. The van der Waals surface area contributed by atoms with Gasteiger partial charge >= 0.3 is 0 Å². The highest BCUT2D eigenvalue weighted by molar-refractivity contribution is 6.38. The molecule has 0 aromatic heterocycles. The highest BCUT2D eigenvalue weighted by atomic mass is 35.5. The summed E-state index contributed by atoms with van der Waals surface area (Å²) in [6, 6.07) is 2.44. The van der Waals surface area contributed by atoms with Gasteiger partial charge in [0.15, 0.2) is 17.2 Å². The summed E-state index contributed by atoms with van der Waals surface area (Å²) in [5.74, 6) is -2.14. The second kappa shape index (κ2) is 15.5. The molecular formula is C40H53ClFN3O6. The Balaban J connectivity index is 1.24. The van der Waals surface area contributed by atoms with Crippen molar-refractivity contribution in [1.82, 2.24) is 10.2 Å². The van der Waals surface area contributed by atoms with Crippen LogP contribution in [0.4, 0.5) is 4.39 Å². The second-order valence-electron chi connectivity index (χ2n) is 17.2. The van der Waals surface area contributed by atoms with E-state index in [9.17, 15) is 28.4 Å². The zero-order valence-electron chi connectivity index (χ0n) is 30.3. The first kappa shape index (κ1) is 37.6. The maximum atomic E-state index is 14.7. The van der Waals surface area contributed by atoms with E-state index in [1.54, 1.807) is 6.07 Å². The third-order valence-electron chi connectivity index (χ3n) is 11.6. The number of benzene rings is 1. The molecule has 3 saturated carbocycles. The first-order chi connectivity index (χ1) is 24.2. The minimum Gasteiger partial charge on any atom is -0.387 e. The van der Waals surface area contributed by atoms with Gasteiger partial charge in [-0.2, -0.15) is 0 Å². The molecule has 2 amide bonds. The molecular weight excluding hydrogens is 673 g/mol. The Kier molecular flexibility index (Phi) is 11.4. The SMILES string of the molecule is CC(C)(C)C(NC(=O)CC1CCCCCC1)C(=O)N1C[C@@]2(CC(c3ccc(F)c(Cl)c3)=NO2)C[C@H]1C(=O)C[C@@H](CC1CC1)C(=O)C(=O)CC1CC1. The summed E-state index contributed by atoms with van der Waals surface area (Å²) in [7, 11) is 0. The lowest BCUT2D eigenvalue weighted by Gasteiger charge is -2.36. The number of Topliss-reactive ketones (excluding diaryl/α,β-unsaturated/α-hetero) is 3. The number of likely N-dealkylation sites (tertiary alicyclic amines) is 1. The van der Waals surface area contributed by atoms with Crippen LogP contribution in [-0.4, -0.2) is 64.0 Å². The van der Waals surface area contributed by atoms with Crippen LogP contribution in [0.25, 0.3) is 0 Å². The molecule has 6 rings (SSSR count).